The van der Waals surface area contributed by atoms with Crippen molar-refractivity contribution in [3.63, 3.8) is 0 Å². The van der Waals surface area contributed by atoms with Crippen molar-refractivity contribution < 1.29 is 14.6 Å². The molecule has 0 fully saturated rings. The van der Waals surface area contributed by atoms with Crippen LogP contribution in [-0.2, 0) is 24.3 Å². The largest absolute Gasteiger partial charge is 0.508 e. The average molecular weight is 339 g/mol. The summed E-state index contributed by atoms with van der Waals surface area (Å²) in [6, 6.07) is 11.7. The summed E-state index contributed by atoms with van der Waals surface area (Å²) >= 11 is 0. The van der Waals surface area contributed by atoms with Gasteiger partial charge in [-0.15, -0.1) is 0 Å². The van der Waals surface area contributed by atoms with Crippen molar-refractivity contribution in [2.75, 3.05) is 0 Å². The summed E-state index contributed by atoms with van der Waals surface area (Å²) in [6.07, 6.45) is 1.97. The second-order valence-electron chi connectivity index (χ2n) is 7.40. The number of fused-ring (bicyclic) bond motifs is 1. The Morgan fingerprint density at radius 1 is 1.24 bits per heavy atom. The Morgan fingerprint density at radius 2 is 2.04 bits per heavy atom. The van der Waals surface area contributed by atoms with E-state index < -0.39 is 0 Å². The average Bonchev–Trinajstić information content (AvgIpc) is 3.03. The highest BCUT2D eigenvalue weighted by Crippen LogP contribution is 2.36. The number of nitrogens with zero attached hydrogens (tertiary/aromatic N) is 1. The minimum absolute atomic E-state index is 0.0171. The molecule has 0 spiro atoms. The number of benzene rings is 2. The minimum atomic E-state index is 0.0171. The van der Waals surface area contributed by atoms with Crippen LogP contribution in [0.2, 0.25) is 0 Å². The molecule has 0 saturated heterocycles. The van der Waals surface area contributed by atoms with Gasteiger partial charge in [-0.2, -0.15) is 0 Å². The summed E-state index contributed by atoms with van der Waals surface area (Å²) in [6.45, 7) is 8.60. The number of phenolic OH excluding ortho intramolecular Hbond substituents is 1. The molecule has 3 rings (SSSR count). The molecule has 2 aromatic rings. The maximum absolute atomic E-state index is 10.7. The Hall–Kier alpha value is -2.33. The third kappa shape index (κ3) is 3.69. The fourth-order valence-electron chi connectivity index (χ4n) is 3.46. The van der Waals surface area contributed by atoms with E-state index in [0.29, 0.717) is 18.0 Å². The number of aryl methyl sites for hydroxylation is 2. The Labute approximate surface area is 149 Å². The molecule has 0 aliphatic carbocycles. The van der Waals surface area contributed by atoms with Gasteiger partial charge in [0.15, 0.2) is 0 Å². The fraction of sp³-hybridized carbons (Fsp3) is 0.381. The van der Waals surface area contributed by atoms with Gasteiger partial charge in [-0.3, -0.25) is 9.69 Å². The van der Waals surface area contributed by atoms with Crippen molar-refractivity contribution in [3.8, 4) is 11.5 Å². The lowest BCUT2D eigenvalue weighted by atomic mass is 9.93. The van der Waals surface area contributed by atoms with E-state index in [9.17, 15) is 9.90 Å². The Morgan fingerprint density at radius 3 is 2.76 bits per heavy atom. The third-order valence-electron chi connectivity index (χ3n) is 5.26. The monoisotopic (exact) mass is 339 g/mol. The predicted octanol–water partition coefficient (Wildman–Crippen LogP) is 3.96. The van der Waals surface area contributed by atoms with Gasteiger partial charge in [0.25, 0.3) is 6.47 Å². The molecule has 0 bridgehead atoms. The van der Waals surface area contributed by atoms with Crippen LogP contribution in [0.3, 0.4) is 0 Å². The second kappa shape index (κ2) is 6.89. The molecule has 132 valence electrons. The molecule has 0 unspecified atom stereocenters. The number of phenols is 1. The van der Waals surface area contributed by atoms with Gasteiger partial charge in [0.05, 0.1) is 0 Å². The predicted molar refractivity (Wildman–Crippen MR) is 97.6 cm³/mol. The molecule has 1 aliphatic rings. The van der Waals surface area contributed by atoms with Crippen LogP contribution in [0, 0.1) is 6.92 Å². The zero-order valence-electron chi connectivity index (χ0n) is 15.1. The lowest BCUT2D eigenvalue weighted by Gasteiger charge is -2.35. The highest BCUT2D eigenvalue weighted by molar-refractivity contribution is 5.51. The molecule has 0 aromatic heterocycles. The molecule has 1 heterocycles. The summed E-state index contributed by atoms with van der Waals surface area (Å²) in [5.41, 5.74) is 4.52. The summed E-state index contributed by atoms with van der Waals surface area (Å²) < 4.78 is 5.13. The van der Waals surface area contributed by atoms with E-state index in [1.54, 1.807) is 6.07 Å². The highest BCUT2D eigenvalue weighted by atomic mass is 16.5. The second-order valence-corrected chi connectivity index (χ2v) is 7.40. The maximum Gasteiger partial charge on any atom is 0.298 e. The van der Waals surface area contributed by atoms with Crippen molar-refractivity contribution >= 4 is 6.47 Å². The van der Waals surface area contributed by atoms with Gasteiger partial charge in [0.1, 0.15) is 11.5 Å². The molecule has 0 radical (unpaired) electrons. The van der Waals surface area contributed by atoms with E-state index >= 15 is 0 Å². The molecule has 4 heteroatoms. The van der Waals surface area contributed by atoms with Gasteiger partial charge in [-0.05, 0) is 62.4 Å². The zero-order chi connectivity index (χ0) is 18.0. The van der Waals surface area contributed by atoms with E-state index in [1.807, 2.05) is 25.1 Å². The Balaban J connectivity index is 1.69. The van der Waals surface area contributed by atoms with E-state index in [1.165, 1.54) is 11.1 Å². The minimum Gasteiger partial charge on any atom is -0.508 e. The number of carbonyl (C=O) groups is 1. The topological polar surface area (TPSA) is 49.8 Å². The number of hydrogen-bond donors (Lipinski definition) is 1. The van der Waals surface area contributed by atoms with Crippen molar-refractivity contribution in [3.05, 3.63) is 58.7 Å². The summed E-state index contributed by atoms with van der Waals surface area (Å²) in [5.74, 6) is 1.01. The SMILES string of the molecule is Cc1cc(CCC(C)(C)N2Cc3cccc(OC=O)c3C2)ccc1O. The third-order valence-corrected chi connectivity index (χ3v) is 5.26. The molecule has 0 saturated carbocycles. The smallest absolute Gasteiger partial charge is 0.298 e. The quantitative estimate of drug-likeness (QED) is 0.809. The first-order chi connectivity index (χ1) is 11.9. The van der Waals surface area contributed by atoms with E-state index in [4.69, 9.17) is 4.74 Å². The fourth-order valence-corrected chi connectivity index (χ4v) is 3.46. The maximum atomic E-state index is 10.7. The summed E-state index contributed by atoms with van der Waals surface area (Å²) in [5, 5.41) is 9.67. The summed E-state index contributed by atoms with van der Waals surface area (Å²) in [7, 11) is 0. The van der Waals surface area contributed by atoms with Crippen molar-refractivity contribution in [1.29, 1.82) is 0 Å². The molecule has 4 nitrogen and oxygen atoms in total. The molecular formula is C21H25NO3. The number of hydrogen-bond acceptors (Lipinski definition) is 4. The molecular weight excluding hydrogens is 314 g/mol. The standard InChI is InChI=1S/C21H25NO3/c1-15-11-16(7-8-19(15)24)9-10-21(2,3)22-12-17-5-4-6-20(25-14-23)18(17)13-22/h4-8,11,14,24H,9-10,12-13H2,1-3H3. The normalized spacial score (nSPS) is 14.4. The van der Waals surface area contributed by atoms with Crippen LogP contribution in [0.15, 0.2) is 36.4 Å². The van der Waals surface area contributed by atoms with Crippen LogP contribution in [0.1, 0.15) is 42.5 Å². The molecule has 25 heavy (non-hydrogen) atoms. The zero-order valence-corrected chi connectivity index (χ0v) is 15.1. The Kier molecular flexibility index (Phi) is 4.82. The molecule has 0 atom stereocenters. The van der Waals surface area contributed by atoms with Gasteiger partial charge in [0.2, 0.25) is 0 Å². The van der Waals surface area contributed by atoms with E-state index in [-0.39, 0.29) is 5.54 Å². The van der Waals surface area contributed by atoms with Gasteiger partial charge in [0, 0.05) is 24.2 Å². The molecule has 1 aliphatic heterocycles. The van der Waals surface area contributed by atoms with Gasteiger partial charge in [-0.1, -0.05) is 24.3 Å². The molecule has 1 N–H and O–H groups in total. The van der Waals surface area contributed by atoms with Crippen LogP contribution in [0.4, 0.5) is 0 Å². The highest BCUT2D eigenvalue weighted by Gasteiger charge is 2.33. The van der Waals surface area contributed by atoms with E-state index in [0.717, 1.165) is 37.1 Å². The van der Waals surface area contributed by atoms with Crippen LogP contribution < -0.4 is 4.74 Å². The Bertz CT molecular complexity index is 783. The van der Waals surface area contributed by atoms with Crippen molar-refractivity contribution in [2.45, 2.75) is 52.2 Å². The molecule has 0 amide bonds. The van der Waals surface area contributed by atoms with Crippen LogP contribution in [0.25, 0.3) is 0 Å². The van der Waals surface area contributed by atoms with Crippen LogP contribution in [0.5, 0.6) is 11.5 Å². The van der Waals surface area contributed by atoms with Crippen molar-refractivity contribution in [1.82, 2.24) is 4.90 Å². The van der Waals surface area contributed by atoms with Crippen molar-refractivity contribution in [2.24, 2.45) is 0 Å². The number of aromatic hydroxyl groups is 1. The molecule has 2 aromatic carbocycles. The first kappa shape index (κ1) is 17.5. The first-order valence-corrected chi connectivity index (χ1v) is 8.65. The van der Waals surface area contributed by atoms with Crippen LogP contribution >= 0.6 is 0 Å². The van der Waals surface area contributed by atoms with Gasteiger partial charge >= 0.3 is 0 Å². The lowest BCUT2D eigenvalue weighted by molar-refractivity contribution is -0.120. The number of ether oxygens (including phenoxy) is 1. The number of carbonyl (C=O) groups excluding carboxylic acids is 1. The van der Waals surface area contributed by atoms with Gasteiger partial charge < -0.3 is 9.84 Å². The van der Waals surface area contributed by atoms with Gasteiger partial charge in [-0.25, -0.2) is 0 Å². The summed E-state index contributed by atoms with van der Waals surface area (Å²) in [4.78, 5) is 13.1. The van der Waals surface area contributed by atoms with E-state index in [2.05, 4.69) is 30.9 Å². The lowest BCUT2D eigenvalue weighted by Crippen LogP contribution is -2.40. The van der Waals surface area contributed by atoms with Crippen LogP contribution in [-0.4, -0.2) is 22.0 Å². The number of rotatable bonds is 6. The first-order valence-electron chi connectivity index (χ1n) is 8.65.